The van der Waals surface area contributed by atoms with Gasteiger partial charge in [0.15, 0.2) is 5.78 Å². The first kappa shape index (κ1) is 11.5. The van der Waals surface area contributed by atoms with Crippen molar-refractivity contribution in [1.29, 1.82) is 0 Å². The van der Waals surface area contributed by atoms with E-state index in [1.165, 1.54) is 23.9 Å². The van der Waals surface area contributed by atoms with Crippen LogP contribution in [0, 0.1) is 5.82 Å². The molecule has 4 heteroatoms. The van der Waals surface area contributed by atoms with Gasteiger partial charge in [-0.1, -0.05) is 0 Å². The zero-order valence-electron chi connectivity index (χ0n) is 7.72. The maximum atomic E-state index is 12.9. The zero-order valence-corrected chi connectivity index (χ0v) is 9.29. The molecule has 0 heterocycles. The van der Waals surface area contributed by atoms with Crippen molar-refractivity contribution >= 4 is 29.1 Å². The monoisotopic (exact) mass is 232 g/mol. The zero-order chi connectivity index (χ0) is 10.6. The predicted octanol–water partition coefficient (Wildman–Crippen LogP) is 2.90. The Morgan fingerprint density at radius 3 is 2.86 bits per heavy atom. The molecule has 0 fully saturated rings. The third-order valence-electron chi connectivity index (χ3n) is 1.78. The van der Waals surface area contributed by atoms with E-state index in [0.717, 1.165) is 4.90 Å². The van der Waals surface area contributed by atoms with E-state index in [1.807, 2.05) is 6.26 Å². The third-order valence-corrected chi connectivity index (χ3v) is 2.92. The molecule has 0 unspecified atom stereocenters. The fraction of sp³-hybridized carbons (Fsp3) is 0.300. The summed E-state index contributed by atoms with van der Waals surface area (Å²) >= 11 is 6.88. The molecule has 14 heavy (non-hydrogen) atoms. The molecule has 0 aliphatic heterocycles. The van der Waals surface area contributed by atoms with Crippen molar-refractivity contribution in [3.63, 3.8) is 0 Å². The summed E-state index contributed by atoms with van der Waals surface area (Å²) in [6.07, 6.45) is 2.10. The van der Waals surface area contributed by atoms with E-state index >= 15 is 0 Å². The van der Waals surface area contributed by atoms with Gasteiger partial charge in [0.1, 0.15) is 5.82 Å². The average Bonchev–Trinajstić information content (AvgIpc) is 2.18. The summed E-state index contributed by atoms with van der Waals surface area (Å²) < 4.78 is 12.9. The molecule has 1 aromatic carbocycles. The maximum absolute atomic E-state index is 12.9. The highest BCUT2D eigenvalue weighted by atomic mass is 35.5. The average molecular weight is 233 g/mol. The summed E-state index contributed by atoms with van der Waals surface area (Å²) in [4.78, 5) is 12.0. The molecule has 0 N–H and O–H groups in total. The van der Waals surface area contributed by atoms with Gasteiger partial charge in [-0.15, -0.1) is 23.4 Å². The van der Waals surface area contributed by atoms with Crippen LogP contribution in [0.5, 0.6) is 0 Å². The van der Waals surface area contributed by atoms with E-state index < -0.39 is 0 Å². The largest absolute Gasteiger partial charge is 0.298 e. The highest BCUT2D eigenvalue weighted by Crippen LogP contribution is 2.21. The van der Waals surface area contributed by atoms with Crippen LogP contribution in [0.3, 0.4) is 0 Å². The van der Waals surface area contributed by atoms with Crippen molar-refractivity contribution in [2.45, 2.75) is 11.3 Å². The molecule has 0 aliphatic rings. The molecule has 0 radical (unpaired) electrons. The summed E-state index contributed by atoms with van der Waals surface area (Å²) in [5.74, 6) is -0.433. The molecule has 0 amide bonds. The van der Waals surface area contributed by atoms with E-state index in [9.17, 15) is 9.18 Å². The van der Waals surface area contributed by atoms with Crippen LogP contribution in [0.2, 0.25) is 0 Å². The van der Waals surface area contributed by atoms with Gasteiger partial charge in [-0.2, -0.15) is 0 Å². The van der Waals surface area contributed by atoms with E-state index in [1.54, 1.807) is 6.07 Å². The van der Waals surface area contributed by atoms with Crippen LogP contribution < -0.4 is 0 Å². The number of rotatable bonds is 4. The SMILES string of the molecule is CSc1ccc(F)cc1CC(=O)CCl. The number of hydrogen-bond acceptors (Lipinski definition) is 2. The van der Waals surface area contributed by atoms with Crippen LogP contribution in [0.15, 0.2) is 23.1 Å². The number of thioether (sulfide) groups is 1. The van der Waals surface area contributed by atoms with Crippen molar-refractivity contribution < 1.29 is 9.18 Å². The van der Waals surface area contributed by atoms with Gasteiger partial charge in [-0.25, -0.2) is 4.39 Å². The first-order valence-electron chi connectivity index (χ1n) is 4.07. The van der Waals surface area contributed by atoms with Gasteiger partial charge in [-0.3, -0.25) is 4.79 Å². The maximum Gasteiger partial charge on any atom is 0.151 e. The fourth-order valence-corrected chi connectivity index (χ4v) is 1.84. The van der Waals surface area contributed by atoms with E-state index in [4.69, 9.17) is 11.6 Å². The summed E-state index contributed by atoms with van der Waals surface area (Å²) in [6, 6.07) is 4.45. The lowest BCUT2D eigenvalue weighted by atomic mass is 10.1. The molecule has 1 nitrogen and oxygen atoms in total. The second kappa shape index (κ2) is 5.37. The molecule has 0 aliphatic carbocycles. The molecular weight excluding hydrogens is 223 g/mol. The van der Waals surface area contributed by atoms with Crippen LogP contribution in [0.25, 0.3) is 0 Å². The Morgan fingerprint density at radius 2 is 2.29 bits per heavy atom. The molecule has 76 valence electrons. The predicted molar refractivity (Wildman–Crippen MR) is 57.6 cm³/mol. The minimum atomic E-state index is -0.319. The molecule has 0 saturated carbocycles. The lowest BCUT2D eigenvalue weighted by molar-refractivity contribution is -0.116. The number of carbonyl (C=O) groups excluding carboxylic acids is 1. The Bertz CT molecular complexity index is 341. The summed E-state index contributed by atoms with van der Waals surface area (Å²) in [7, 11) is 0. The van der Waals surface area contributed by atoms with Crippen molar-refractivity contribution in [3.8, 4) is 0 Å². The molecular formula is C10H10ClFOS. The van der Waals surface area contributed by atoms with Gasteiger partial charge in [0, 0.05) is 11.3 Å². The normalized spacial score (nSPS) is 10.2. The van der Waals surface area contributed by atoms with E-state index in [-0.39, 0.29) is 23.9 Å². The van der Waals surface area contributed by atoms with Crippen LogP contribution in [-0.4, -0.2) is 17.9 Å². The smallest absolute Gasteiger partial charge is 0.151 e. The third kappa shape index (κ3) is 3.00. The number of halogens is 2. The Balaban J connectivity index is 2.93. The lowest BCUT2D eigenvalue weighted by Crippen LogP contribution is -2.05. The van der Waals surface area contributed by atoms with Crippen LogP contribution in [0.1, 0.15) is 5.56 Å². The van der Waals surface area contributed by atoms with Gasteiger partial charge in [0.05, 0.1) is 5.88 Å². The Kier molecular flexibility index (Phi) is 4.42. The molecule has 1 aromatic rings. The molecule has 0 bridgehead atoms. The minimum Gasteiger partial charge on any atom is -0.298 e. The quantitative estimate of drug-likeness (QED) is 0.587. The Hall–Kier alpha value is -0.540. The number of benzene rings is 1. The summed E-state index contributed by atoms with van der Waals surface area (Å²) in [6.45, 7) is 0. The Morgan fingerprint density at radius 1 is 1.57 bits per heavy atom. The first-order valence-corrected chi connectivity index (χ1v) is 5.83. The standard InChI is InChI=1S/C10H10ClFOS/c1-14-10-3-2-8(12)4-7(10)5-9(13)6-11/h2-4H,5-6H2,1H3. The molecule has 0 aromatic heterocycles. The second-order valence-electron chi connectivity index (χ2n) is 2.81. The van der Waals surface area contributed by atoms with Gasteiger partial charge in [0.2, 0.25) is 0 Å². The number of ketones is 1. The van der Waals surface area contributed by atoms with Crippen molar-refractivity contribution in [2.75, 3.05) is 12.1 Å². The number of carbonyl (C=O) groups is 1. The van der Waals surface area contributed by atoms with Crippen molar-refractivity contribution in [2.24, 2.45) is 0 Å². The second-order valence-corrected chi connectivity index (χ2v) is 3.92. The van der Waals surface area contributed by atoms with Gasteiger partial charge in [-0.05, 0) is 30.0 Å². The van der Waals surface area contributed by atoms with Crippen molar-refractivity contribution in [1.82, 2.24) is 0 Å². The molecule has 1 rings (SSSR count). The Labute approximate surface area is 91.6 Å². The first-order chi connectivity index (χ1) is 6.67. The minimum absolute atomic E-state index is 0.0235. The van der Waals surface area contributed by atoms with Crippen molar-refractivity contribution in [3.05, 3.63) is 29.6 Å². The van der Waals surface area contributed by atoms with E-state index in [0.29, 0.717) is 5.56 Å². The fourth-order valence-electron chi connectivity index (χ4n) is 1.14. The van der Waals surface area contributed by atoms with Crippen LogP contribution >= 0.6 is 23.4 Å². The number of alkyl halides is 1. The van der Waals surface area contributed by atoms with Gasteiger partial charge >= 0.3 is 0 Å². The molecule has 0 atom stereocenters. The highest BCUT2D eigenvalue weighted by molar-refractivity contribution is 7.98. The van der Waals surface area contributed by atoms with Gasteiger partial charge < -0.3 is 0 Å². The highest BCUT2D eigenvalue weighted by Gasteiger charge is 2.07. The lowest BCUT2D eigenvalue weighted by Gasteiger charge is -2.05. The van der Waals surface area contributed by atoms with Crippen LogP contribution in [-0.2, 0) is 11.2 Å². The van der Waals surface area contributed by atoms with E-state index in [2.05, 4.69) is 0 Å². The molecule has 0 spiro atoms. The number of hydrogen-bond donors (Lipinski definition) is 0. The van der Waals surface area contributed by atoms with Gasteiger partial charge in [0.25, 0.3) is 0 Å². The summed E-state index contributed by atoms with van der Waals surface area (Å²) in [5, 5.41) is 0. The topological polar surface area (TPSA) is 17.1 Å². The van der Waals surface area contributed by atoms with Crippen LogP contribution in [0.4, 0.5) is 4.39 Å². The molecule has 0 saturated heterocycles. The number of Topliss-reactive ketones (excluding diaryl/α,β-unsaturated/α-hetero) is 1. The summed E-state index contributed by atoms with van der Waals surface area (Å²) in [5.41, 5.74) is 0.711.